The van der Waals surface area contributed by atoms with Gasteiger partial charge in [0.15, 0.2) is 0 Å². The van der Waals surface area contributed by atoms with Gasteiger partial charge >= 0.3 is 231 Å². The molecule has 0 unspecified atom stereocenters. The molecule has 0 amide bonds. The molecule has 8 rings (SSSR count). The topological polar surface area (TPSA) is 9.86 Å². The molecule has 0 radical (unpaired) electrons. The summed E-state index contributed by atoms with van der Waals surface area (Å²) in [4.78, 5) is 0. The number of hydrogen-bond donors (Lipinski definition) is 0. The van der Waals surface area contributed by atoms with Gasteiger partial charge in [0.1, 0.15) is 0 Å². The van der Waals surface area contributed by atoms with Crippen LogP contribution in [0.25, 0.3) is 22.1 Å². The molecule has 5 aromatic rings. The van der Waals surface area contributed by atoms with E-state index in [-0.39, 0.29) is 0 Å². The Kier molecular flexibility index (Phi) is 14.1. The number of nitrogens with zero attached hydrogens (tertiary/aromatic N) is 2. The Morgan fingerprint density at radius 2 is 0.911 bits per heavy atom. The molecule has 4 aromatic carbocycles. The van der Waals surface area contributed by atoms with Crippen LogP contribution in [0.2, 0.25) is 0 Å². The van der Waals surface area contributed by atoms with Crippen molar-refractivity contribution in [2.45, 2.75) is 155 Å². The van der Waals surface area contributed by atoms with Crippen LogP contribution in [0, 0.1) is 45.6 Å². The zero-order chi connectivity index (χ0) is 39.4. The summed E-state index contributed by atoms with van der Waals surface area (Å²) in [6.07, 6.45) is 27.9. The second kappa shape index (κ2) is 18.8. The average molecular weight is 897 g/mol. The fourth-order valence-electron chi connectivity index (χ4n) is 10.5. The van der Waals surface area contributed by atoms with Gasteiger partial charge in [0.2, 0.25) is 0 Å². The summed E-state index contributed by atoms with van der Waals surface area (Å²) in [7, 11) is 15.4. The Morgan fingerprint density at radius 3 is 1.32 bits per heavy atom. The molecule has 0 bridgehead atoms. The molecule has 56 heavy (non-hydrogen) atoms. The summed E-state index contributed by atoms with van der Waals surface area (Å²) in [6, 6.07) is 23.7. The van der Waals surface area contributed by atoms with E-state index in [1.54, 1.807) is 77.0 Å². The van der Waals surface area contributed by atoms with Gasteiger partial charge in [-0.1, -0.05) is 65.7 Å². The summed E-state index contributed by atoms with van der Waals surface area (Å²) in [5.74, 6) is 0. The predicted molar refractivity (Wildman–Crippen MR) is 245 cm³/mol. The van der Waals surface area contributed by atoms with E-state index in [1.807, 2.05) is 0 Å². The third kappa shape index (κ3) is 9.65. The molecule has 0 N–H and O–H groups in total. The van der Waals surface area contributed by atoms with E-state index in [4.69, 9.17) is 19.4 Å². The van der Waals surface area contributed by atoms with Crippen molar-refractivity contribution in [1.29, 1.82) is 0 Å². The molecule has 2 nitrogen and oxygen atoms in total. The van der Waals surface area contributed by atoms with Crippen molar-refractivity contribution in [2.75, 3.05) is 0 Å². The van der Waals surface area contributed by atoms with Crippen LogP contribution < -0.4 is 0 Å². The second-order valence-corrected chi connectivity index (χ2v) is 29.6. The molecule has 0 atom stereocenters. The maximum atomic E-state index is 7.51. The van der Waals surface area contributed by atoms with E-state index in [0.29, 0.717) is 7.92 Å². The summed E-state index contributed by atoms with van der Waals surface area (Å²) in [5, 5.41) is 2.38. The molecule has 3 aliphatic carbocycles. The molecule has 1 heterocycles. The number of aryl methyl sites for hydroxylation is 6. The number of rotatable bonds is 6. The maximum absolute atomic E-state index is 7.51. The van der Waals surface area contributed by atoms with Crippen LogP contribution in [0.1, 0.15) is 135 Å². The summed E-state index contributed by atoms with van der Waals surface area (Å²) in [5.41, 5.74) is 14.2. The first kappa shape index (κ1) is 42.0. The van der Waals surface area contributed by atoms with Crippen molar-refractivity contribution in [3.63, 3.8) is 0 Å². The Labute approximate surface area is 349 Å². The van der Waals surface area contributed by atoms with Gasteiger partial charge in [0, 0.05) is 0 Å². The fraction of sp³-hybridized carbons (Fsp3) is 0.480. The zero-order valence-corrected chi connectivity index (χ0v) is 39.0. The molecule has 6 heteroatoms. The van der Waals surface area contributed by atoms with Crippen molar-refractivity contribution < 1.29 is 11.9 Å². The minimum absolute atomic E-state index is 0.385. The van der Waals surface area contributed by atoms with E-state index in [0.717, 1.165) is 21.0 Å². The van der Waals surface area contributed by atoms with Crippen molar-refractivity contribution in [3.05, 3.63) is 122 Å². The van der Waals surface area contributed by atoms with Gasteiger partial charge in [-0.15, -0.1) is 0 Å². The fourth-order valence-corrected chi connectivity index (χ4v) is 20.8. The molecular formula is C50H65Cl2N2PRu. The van der Waals surface area contributed by atoms with Gasteiger partial charge in [-0.2, -0.15) is 0 Å². The number of halogens is 2. The SMILES string of the molecule is C1CCC(P(C2CCCCC2)C2CCCCC2)CC1.Cc1cc(C)c(-n2ccn(-c3c(C)cc(C)cc3C)[c]2=[Ru]([Cl])([Cl])=[CH]c2ccc3ccccc3c2)c(C)c1. The van der Waals surface area contributed by atoms with Crippen LogP contribution in [0.15, 0.2) is 79.1 Å². The van der Waals surface area contributed by atoms with Crippen LogP contribution in [-0.2, 0) is 11.9 Å². The molecule has 1 aromatic heterocycles. The van der Waals surface area contributed by atoms with Crippen molar-refractivity contribution in [2.24, 2.45) is 0 Å². The van der Waals surface area contributed by atoms with Crippen LogP contribution in [0.5, 0.6) is 0 Å². The van der Waals surface area contributed by atoms with E-state index in [2.05, 4.69) is 134 Å². The normalized spacial score (nSPS) is 17.9. The van der Waals surface area contributed by atoms with Gasteiger partial charge in [-0.3, -0.25) is 0 Å². The molecule has 0 aliphatic heterocycles. The predicted octanol–water partition coefficient (Wildman–Crippen LogP) is 15.6. The van der Waals surface area contributed by atoms with E-state index in [1.165, 1.54) is 80.4 Å². The molecule has 302 valence electrons. The van der Waals surface area contributed by atoms with Gasteiger partial charge in [-0.05, 0) is 55.5 Å². The van der Waals surface area contributed by atoms with Gasteiger partial charge < -0.3 is 0 Å². The van der Waals surface area contributed by atoms with E-state index >= 15 is 0 Å². The molecule has 3 fully saturated rings. The van der Waals surface area contributed by atoms with Crippen LogP contribution in [0.3, 0.4) is 0 Å². The molecule has 0 saturated heterocycles. The minimum atomic E-state index is -3.60. The van der Waals surface area contributed by atoms with E-state index in [9.17, 15) is 0 Å². The summed E-state index contributed by atoms with van der Waals surface area (Å²) < 4.78 is 7.52. The van der Waals surface area contributed by atoms with Crippen LogP contribution >= 0.6 is 27.3 Å². The Hall–Kier alpha value is -2.15. The summed E-state index contributed by atoms with van der Waals surface area (Å²) in [6.45, 7) is 12.9. The molecule has 3 saturated carbocycles. The van der Waals surface area contributed by atoms with Gasteiger partial charge in [-0.25, -0.2) is 0 Å². The van der Waals surface area contributed by atoms with Crippen molar-refractivity contribution in [1.82, 2.24) is 9.13 Å². The van der Waals surface area contributed by atoms with Crippen LogP contribution in [-0.4, -0.2) is 30.7 Å². The number of hydrogen-bond acceptors (Lipinski definition) is 0. The third-order valence-electron chi connectivity index (χ3n) is 12.7. The quantitative estimate of drug-likeness (QED) is 0.119. The first-order valence-corrected chi connectivity index (χ1v) is 29.4. The Balaban J connectivity index is 0.000000211. The number of aromatic nitrogens is 2. The number of benzene rings is 4. The summed E-state index contributed by atoms with van der Waals surface area (Å²) >= 11 is -3.60. The van der Waals surface area contributed by atoms with Gasteiger partial charge in [0.05, 0.1) is 0 Å². The van der Waals surface area contributed by atoms with E-state index < -0.39 is 11.9 Å². The molecular weight excluding hydrogens is 832 g/mol. The molecule has 0 spiro atoms. The van der Waals surface area contributed by atoms with Crippen molar-refractivity contribution >= 4 is 42.7 Å². The Morgan fingerprint density at radius 1 is 0.518 bits per heavy atom. The second-order valence-electron chi connectivity index (χ2n) is 17.3. The zero-order valence-electron chi connectivity index (χ0n) is 34.9. The molecule has 3 aliphatic rings. The van der Waals surface area contributed by atoms with Gasteiger partial charge in [0.25, 0.3) is 0 Å². The monoisotopic (exact) mass is 896 g/mol. The number of fused-ring (bicyclic) bond motifs is 1. The standard InChI is InChI=1S/C21H24N2.C18H33P.C11H8.2ClH.Ru/c1-14-9-16(3)20(17(4)10-14)22-7-8-23(13-22)21-18(5)11-15(2)12-19(21)6;1-4-10-16(11-5-1)19(17-12-6-2-7-13-17)18-14-8-3-9-15-18;1-9-6-7-10-4-2-3-5-11(10)8-9;;;/h7-12H,1-6H3;16-18H,1-15H2;1-8H;2*1H;/q;;;;;+2/p-2. The number of imidazole rings is 1. The first-order valence-electron chi connectivity index (χ1n) is 21.5. The van der Waals surface area contributed by atoms with Crippen molar-refractivity contribution in [3.8, 4) is 11.4 Å². The van der Waals surface area contributed by atoms with Crippen LogP contribution in [0.4, 0.5) is 0 Å². The Bertz CT molecular complexity index is 2130. The average Bonchev–Trinajstić information content (AvgIpc) is 3.60. The first-order chi connectivity index (χ1) is 27.0. The third-order valence-corrected chi connectivity index (χ3v) is 22.2.